The van der Waals surface area contributed by atoms with E-state index in [9.17, 15) is 4.79 Å². The van der Waals surface area contributed by atoms with Crippen molar-refractivity contribution in [2.24, 2.45) is 38.4 Å². The molecule has 25 heteroatoms. The van der Waals surface area contributed by atoms with E-state index in [4.69, 9.17) is 66.3 Å². The third-order valence-corrected chi connectivity index (χ3v) is 27.0. The van der Waals surface area contributed by atoms with Crippen molar-refractivity contribution in [2.75, 3.05) is 317 Å². The van der Waals surface area contributed by atoms with Crippen LogP contribution in [0.15, 0.2) is 24.3 Å². The van der Waals surface area contributed by atoms with Crippen LogP contribution in [0.25, 0.3) is 0 Å². The van der Waals surface area contributed by atoms with E-state index in [2.05, 4.69) is 253 Å². The molecule has 5 saturated heterocycles. The maximum absolute atomic E-state index is 11.3. The Bertz CT molecular complexity index is 3230. The molecule has 1 N–H and O–H groups in total. The van der Waals surface area contributed by atoms with Crippen LogP contribution < -0.4 is 5.32 Å². The minimum absolute atomic E-state index is 0.120. The number of benzene rings is 1. The van der Waals surface area contributed by atoms with Gasteiger partial charge in [0.2, 0.25) is 5.91 Å². The number of piperidine rings is 2. The van der Waals surface area contributed by atoms with Gasteiger partial charge in [0.1, 0.15) is 6.61 Å². The summed E-state index contributed by atoms with van der Waals surface area (Å²) < 4.78 is 77.4. The summed E-state index contributed by atoms with van der Waals surface area (Å²) >= 11 is 0. The first-order valence-corrected chi connectivity index (χ1v) is 57.8. The first-order valence-electron chi connectivity index (χ1n) is 57.8. The van der Waals surface area contributed by atoms with Gasteiger partial charge in [0, 0.05) is 214 Å². The second-order valence-electron chi connectivity index (χ2n) is 51.4. The number of amides is 1. The number of nitrogens with zero attached hydrogens (tertiary/aromatic N) is 9. The zero-order valence-electron chi connectivity index (χ0n) is 101. The molecule has 1 aromatic rings. The molecule has 0 radical (unpaired) electrons. The van der Waals surface area contributed by atoms with E-state index in [1.807, 2.05) is 40.9 Å². The lowest BCUT2D eigenvalue weighted by atomic mass is 9.87. The minimum Gasteiger partial charge on any atom is -0.385 e. The predicted octanol–water partition coefficient (Wildman–Crippen LogP) is 20.4. The fraction of sp³-hybridized carbons (Fsp3) is 0.925. The number of unbranched alkanes of at least 4 members (excludes halogenated alkanes) is 4. The molecule has 0 spiro atoms. The van der Waals surface area contributed by atoms with Crippen LogP contribution in [0.1, 0.15) is 327 Å². The van der Waals surface area contributed by atoms with E-state index >= 15 is 0 Å². The molecule has 0 bridgehead atoms. The van der Waals surface area contributed by atoms with Gasteiger partial charge in [0.05, 0.1) is 130 Å². The number of likely N-dealkylation sites (tertiary alicyclic amines) is 2. The Morgan fingerprint density at radius 1 is 0.407 bits per heavy atom. The first kappa shape index (κ1) is 138. The summed E-state index contributed by atoms with van der Waals surface area (Å²) in [5, 5.41) is 3.02. The Balaban J connectivity index is 0.000000579. The predicted molar refractivity (Wildman–Crippen MR) is 608 cm³/mol. The van der Waals surface area contributed by atoms with Gasteiger partial charge < -0.3 is 91.2 Å². The monoisotopic (exact) mass is 2060 g/mol. The minimum atomic E-state index is -0.120. The molecule has 7 fully saturated rings. The molecule has 8 rings (SSSR count). The molecule has 1 aromatic carbocycles. The number of piperazine rings is 3. The SMILES string of the molecule is CC(C)(C)CCOCCN1CCN(CC(C)(C)C)CC1.CC(C)(C)CCOCCOCCN1CCN(C(C)(C)C)CC1.CC(C)(C)CCOCCOCCN1CCN(CC(C)(C)C)CC1.CC(C)(C)Cc1cccc(C#CCOCCOCCOCCOCCOC(C)(C)C)c1.CCC(=O)NC1CC(OC2CCN(CCOC)CC2)C1.CCCCCN(C(C)C)C1CC(OC)C1.COCCCCCN1CCC(C)CC1. The van der Waals surface area contributed by atoms with Crippen molar-refractivity contribution in [2.45, 2.75) is 370 Å². The Kier molecular flexibility index (Phi) is 75.7. The van der Waals surface area contributed by atoms with Crippen LogP contribution in [-0.2, 0) is 77.5 Å². The molecule has 2 aliphatic carbocycles. The zero-order chi connectivity index (χ0) is 108. The van der Waals surface area contributed by atoms with Crippen LogP contribution in [0.2, 0.25) is 0 Å². The van der Waals surface area contributed by atoms with Crippen LogP contribution in [0.4, 0.5) is 0 Å². The molecule has 5 heterocycles. The number of methoxy groups -OCH3 is 3. The van der Waals surface area contributed by atoms with Crippen molar-refractivity contribution in [3.63, 3.8) is 0 Å². The van der Waals surface area contributed by atoms with Gasteiger partial charge in [-0.25, -0.2) is 0 Å². The molecule has 25 nitrogen and oxygen atoms in total. The van der Waals surface area contributed by atoms with E-state index in [1.165, 1.54) is 174 Å². The Hall–Kier alpha value is -2.67. The normalized spacial score (nSPS) is 19.5. The molecule has 0 unspecified atom stereocenters. The number of ether oxygens (including phenoxy) is 14. The lowest BCUT2D eigenvalue weighted by molar-refractivity contribution is -0.125. The van der Waals surface area contributed by atoms with Crippen molar-refractivity contribution in [1.29, 1.82) is 0 Å². The smallest absolute Gasteiger partial charge is 0.219 e. The van der Waals surface area contributed by atoms with Crippen LogP contribution in [0.5, 0.6) is 0 Å². The molecule has 0 aromatic heterocycles. The number of hydrogen-bond acceptors (Lipinski definition) is 24. The number of nitrogens with one attached hydrogen (secondary N) is 1. The molecule has 856 valence electrons. The van der Waals surface area contributed by atoms with Crippen molar-refractivity contribution < 1.29 is 71.1 Å². The van der Waals surface area contributed by atoms with Crippen LogP contribution in [0.3, 0.4) is 0 Å². The summed E-state index contributed by atoms with van der Waals surface area (Å²) in [5.74, 6) is 7.34. The van der Waals surface area contributed by atoms with Gasteiger partial charge in [-0.15, -0.1) is 0 Å². The Labute approximate surface area is 894 Å². The van der Waals surface area contributed by atoms with Gasteiger partial charge >= 0.3 is 0 Å². The van der Waals surface area contributed by atoms with E-state index in [1.54, 1.807) is 14.2 Å². The van der Waals surface area contributed by atoms with Gasteiger partial charge in [-0.1, -0.05) is 182 Å². The summed E-state index contributed by atoms with van der Waals surface area (Å²) in [5.41, 5.74) is 4.72. The largest absolute Gasteiger partial charge is 0.385 e. The third kappa shape index (κ3) is 81.6. The van der Waals surface area contributed by atoms with Gasteiger partial charge in [-0.2, -0.15) is 0 Å². The lowest BCUT2D eigenvalue weighted by Gasteiger charge is -2.44. The average molecular weight is 2060 g/mol. The summed E-state index contributed by atoms with van der Waals surface area (Å²) in [6, 6.07) is 10.2. The number of rotatable bonds is 57. The van der Waals surface area contributed by atoms with Gasteiger partial charge in [0.15, 0.2) is 0 Å². The molecule has 145 heavy (non-hydrogen) atoms. The quantitative estimate of drug-likeness (QED) is 0.0479. The van der Waals surface area contributed by atoms with Crippen molar-refractivity contribution in [1.82, 2.24) is 49.4 Å². The highest BCUT2D eigenvalue weighted by atomic mass is 16.6. The number of carbonyl (C=O) groups is 1. The van der Waals surface area contributed by atoms with Crippen molar-refractivity contribution in [3.05, 3.63) is 35.4 Å². The van der Waals surface area contributed by atoms with E-state index < -0.39 is 0 Å². The van der Waals surface area contributed by atoms with Crippen LogP contribution >= 0.6 is 0 Å². The maximum Gasteiger partial charge on any atom is 0.219 e. The average Bonchev–Trinajstić information content (AvgIpc) is 0.831. The highest BCUT2D eigenvalue weighted by Crippen LogP contribution is 2.32. The Morgan fingerprint density at radius 3 is 1.23 bits per heavy atom. The standard InChI is InChI=1S/C26H42O5.C19H40N2O2.C18H38N2O2.C17H36N2O.C15H28N2O3.C13H27NO.C12H25NO/c1-25(2,3)22-24-10-7-9-23(21-24)11-8-12-27-13-14-28-15-16-29-17-18-30-19-20-31-26(4,5)6;1-18(2,3)7-13-22-15-16-23-14-12-20-8-10-21(11-9-20)17-19(4,5)6;1-17(2,3)7-13-21-15-16-22-14-12-19-8-10-20(11-9-19)18(4,5)6;1-16(2,3)7-13-20-14-12-18-8-10-19(11-9-18)15-17(4,5)6;1-3-15(18)16-12-10-14(11-12)20-13-4-6-17(7-5-13)8-9-19-2;1-5-6-7-8-14(11(2)3)12-9-13(10-12)15-4;1-12-6-9-13(10-7-12)8-4-3-5-11-14-2/h7,9-10,21H,12-20,22H2,1-6H3;7-17H2,1-6H3;7-16H2,1-6H3;7-15H2,1-6H3;12-14H,3-11H2,1-2H3,(H,16,18);11-13H,5-10H2,1-4H3;12H,3-11H2,1-2H3. The molecule has 1 amide bonds. The maximum atomic E-state index is 11.3. The summed E-state index contributed by atoms with van der Waals surface area (Å²) in [7, 11) is 5.36. The molecule has 2 saturated carbocycles. The third-order valence-electron chi connectivity index (χ3n) is 27.0. The molecule has 5 aliphatic heterocycles. The highest BCUT2D eigenvalue weighted by Gasteiger charge is 2.36. The second-order valence-corrected chi connectivity index (χ2v) is 51.4. The van der Waals surface area contributed by atoms with Gasteiger partial charge in [-0.05, 0) is 240 Å². The zero-order valence-corrected chi connectivity index (χ0v) is 101. The topological polar surface area (TPSA) is 187 Å². The van der Waals surface area contributed by atoms with E-state index in [0.29, 0.717) is 149 Å². The van der Waals surface area contributed by atoms with E-state index in [-0.39, 0.29) is 16.9 Å². The molecule has 7 aliphatic rings. The molecular weight excluding hydrogens is 1820 g/mol. The fourth-order valence-electron chi connectivity index (χ4n) is 17.8. The fourth-order valence-corrected chi connectivity index (χ4v) is 17.8. The summed E-state index contributed by atoms with van der Waals surface area (Å²) in [6.07, 6.45) is 23.6. The van der Waals surface area contributed by atoms with Gasteiger partial charge in [0.25, 0.3) is 0 Å². The molecular formula is C120H236N10O15. The lowest BCUT2D eigenvalue weighted by Crippen LogP contribution is -2.53. The highest BCUT2D eigenvalue weighted by molar-refractivity contribution is 5.76. The van der Waals surface area contributed by atoms with Crippen molar-refractivity contribution >= 4 is 5.91 Å². The Morgan fingerprint density at radius 2 is 0.814 bits per heavy atom. The summed E-state index contributed by atoms with van der Waals surface area (Å²) in [4.78, 5) is 34.3. The number of hydrogen-bond donors (Lipinski definition) is 1. The molecule has 0 atom stereocenters. The second kappa shape index (κ2) is 79.3. The number of carbonyl (C=O) groups excluding carboxylic acids is 1. The summed E-state index contributed by atoms with van der Waals surface area (Å²) in [6.45, 7) is 108. The van der Waals surface area contributed by atoms with Crippen molar-refractivity contribution in [3.8, 4) is 11.8 Å². The van der Waals surface area contributed by atoms with Crippen LogP contribution in [0, 0.1) is 50.2 Å². The van der Waals surface area contributed by atoms with Crippen LogP contribution in [-0.4, -0.2) is 415 Å². The first-order chi connectivity index (χ1) is 68.4. The van der Waals surface area contributed by atoms with Gasteiger partial charge in [-0.3, -0.25) is 29.3 Å². The van der Waals surface area contributed by atoms with E-state index in [0.717, 1.165) is 181 Å².